The predicted molar refractivity (Wildman–Crippen MR) is 110 cm³/mol. The van der Waals surface area contributed by atoms with Gasteiger partial charge >= 0.3 is 0 Å². The highest BCUT2D eigenvalue weighted by molar-refractivity contribution is 5.82. The zero-order valence-electron chi connectivity index (χ0n) is 16.7. The molecule has 2 aromatic rings. The molecular formula is C22H30N4O2. The first kappa shape index (κ1) is 20.3. The zero-order chi connectivity index (χ0) is 19.8. The summed E-state index contributed by atoms with van der Waals surface area (Å²) in [6, 6.07) is 12.2. The van der Waals surface area contributed by atoms with E-state index in [4.69, 9.17) is 4.74 Å². The molecule has 1 aliphatic rings. The van der Waals surface area contributed by atoms with Gasteiger partial charge < -0.3 is 9.64 Å². The van der Waals surface area contributed by atoms with Crippen LogP contribution < -0.4 is 15.6 Å². The summed E-state index contributed by atoms with van der Waals surface area (Å²) >= 11 is 0. The van der Waals surface area contributed by atoms with E-state index in [1.165, 1.54) is 5.56 Å². The molecule has 0 bridgehead atoms. The standard InChI is InChI=1S/C22H30N4O2/c1-3-4-19-15-21(25-24-19)22(27)26(16-18-9-12-23-13-10-18)14-11-17-5-7-20(28-2)8-6-17/h5-10,12-13,19,21,24-25H,3-4,11,14-16H2,1-2H3. The van der Waals surface area contributed by atoms with Crippen LogP contribution in [0.1, 0.15) is 37.3 Å². The van der Waals surface area contributed by atoms with Gasteiger partial charge in [0.05, 0.1) is 7.11 Å². The Bertz CT molecular complexity index is 736. The molecule has 2 heterocycles. The largest absolute Gasteiger partial charge is 0.497 e. The number of carbonyl (C=O) groups is 1. The number of carbonyl (C=O) groups excluding carboxylic acids is 1. The second kappa shape index (κ2) is 10.2. The molecule has 1 fully saturated rings. The number of hydrazine groups is 1. The van der Waals surface area contributed by atoms with Crippen LogP contribution >= 0.6 is 0 Å². The maximum atomic E-state index is 13.2. The van der Waals surface area contributed by atoms with Crippen molar-refractivity contribution in [1.29, 1.82) is 0 Å². The van der Waals surface area contributed by atoms with Crippen LogP contribution in [0.4, 0.5) is 0 Å². The fourth-order valence-corrected chi connectivity index (χ4v) is 3.57. The number of hydrogen-bond donors (Lipinski definition) is 2. The lowest BCUT2D eigenvalue weighted by atomic mass is 10.0. The van der Waals surface area contributed by atoms with Gasteiger partial charge in [0.1, 0.15) is 11.8 Å². The fourth-order valence-electron chi connectivity index (χ4n) is 3.57. The van der Waals surface area contributed by atoms with Crippen molar-refractivity contribution < 1.29 is 9.53 Å². The van der Waals surface area contributed by atoms with Crippen molar-refractivity contribution in [2.24, 2.45) is 0 Å². The Hall–Kier alpha value is -2.44. The number of nitrogens with one attached hydrogen (secondary N) is 2. The number of methoxy groups -OCH3 is 1. The van der Waals surface area contributed by atoms with E-state index in [0.29, 0.717) is 19.1 Å². The second-order valence-corrected chi connectivity index (χ2v) is 7.28. The smallest absolute Gasteiger partial charge is 0.241 e. The molecule has 0 spiro atoms. The molecule has 1 aromatic carbocycles. The fraction of sp³-hybridized carbons (Fsp3) is 0.455. The Morgan fingerprint density at radius 2 is 1.89 bits per heavy atom. The molecule has 28 heavy (non-hydrogen) atoms. The highest BCUT2D eigenvalue weighted by Gasteiger charge is 2.31. The lowest BCUT2D eigenvalue weighted by molar-refractivity contribution is -0.133. The number of benzene rings is 1. The van der Waals surface area contributed by atoms with Gasteiger partial charge in [-0.15, -0.1) is 0 Å². The molecule has 0 radical (unpaired) electrons. The van der Waals surface area contributed by atoms with Gasteiger partial charge in [-0.1, -0.05) is 25.5 Å². The summed E-state index contributed by atoms with van der Waals surface area (Å²) < 4.78 is 5.22. The van der Waals surface area contributed by atoms with Crippen LogP contribution in [-0.2, 0) is 17.8 Å². The first-order valence-electron chi connectivity index (χ1n) is 10.0. The third-order valence-electron chi connectivity index (χ3n) is 5.18. The van der Waals surface area contributed by atoms with Gasteiger partial charge in [0, 0.05) is 31.5 Å². The van der Waals surface area contributed by atoms with Crippen LogP contribution in [0.5, 0.6) is 5.75 Å². The van der Waals surface area contributed by atoms with E-state index in [9.17, 15) is 4.79 Å². The average molecular weight is 383 g/mol. The van der Waals surface area contributed by atoms with Crippen molar-refractivity contribution in [3.8, 4) is 5.75 Å². The van der Waals surface area contributed by atoms with E-state index in [2.05, 4.69) is 34.9 Å². The molecule has 1 amide bonds. The Kier molecular flexibility index (Phi) is 7.39. The van der Waals surface area contributed by atoms with Crippen LogP contribution in [0, 0.1) is 0 Å². The summed E-state index contributed by atoms with van der Waals surface area (Å²) in [5, 5.41) is 0. The molecule has 2 atom stereocenters. The molecule has 150 valence electrons. The summed E-state index contributed by atoms with van der Waals surface area (Å²) in [5.74, 6) is 0.994. The Balaban J connectivity index is 1.66. The van der Waals surface area contributed by atoms with Crippen molar-refractivity contribution in [3.05, 3.63) is 59.9 Å². The minimum absolute atomic E-state index is 0.149. The summed E-state index contributed by atoms with van der Waals surface area (Å²) in [6.07, 6.45) is 7.37. The first-order valence-corrected chi connectivity index (χ1v) is 10.0. The van der Waals surface area contributed by atoms with Gasteiger partial charge in [0.15, 0.2) is 0 Å². The molecule has 0 saturated carbocycles. The molecule has 2 unspecified atom stereocenters. The molecule has 1 aromatic heterocycles. The second-order valence-electron chi connectivity index (χ2n) is 7.28. The minimum atomic E-state index is -0.172. The lowest BCUT2D eigenvalue weighted by Gasteiger charge is -2.26. The third-order valence-corrected chi connectivity index (χ3v) is 5.18. The van der Waals surface area contributed by atoms with Gasteiger partial charge in [-0.2, -0.15) is 0 Å². The summed E-state index contributed by atoms with van der Waals surface area (Å²) in [6.45, 7) is 3.43. The monoisotopic (exact) mass is 382 g/mol. The van der Waals surface area contributed by atoms with E-state index in [1.807, 2.05) is 29.2 Å². The molecule has 2 N–H and O–H groups in total. The normalized spacial score (nSPS) is 18.8. The van der Waals surface area contributed by atoms with Crippen LogP contribution in [-0.4, -0.2) is 41.5 Å². The quantitative estimate of drug-likeness (QED) is 0.698. The molecule has 6 nitrogen and oxygen atoms in total. The maximum absolute atomic E-state index is 13.2. The highest BCUT2D eigenvalue weighted by Crippen LogP contribution is 2.16. The van der Waals surface area contributed by atoms with E-state index in [-0.39, 0.29) is 11.9 Å². The molecule has 6 heteroatoms. The molecule has 1 saturated heterocycles. The van der Waals surface area contributed by atoms with Crippen molar-refractivity contribution in [2.75, 3.05) is 13.7 Å². The number of hydrogen-bond acceptors (Lipinski definition) is 5. The van der Waals surface area contributed by atoms with E-state index >= 15 is 0 Å². The number of aromatic nitrogens is 1. The molecular weight excluding hydrogens is 352 g/mol. The van der Waals surface area contributed by atoms with Crippen molar-refractivity contribution in [2.45, 2.75) is 51.2 Å². The van der Waals surface area contributed by atoms with Gasteiger partial charge in [-0.25, -0.2) is 5.43 Å². The van der Waals surface area contributed by atoms with Crippen LogP contribution in [0.2, 0.25) is 0 Å². The summed E-state index contributed by atoms with van der Waals surface area (Å²) in [7, 11) is 1.67. The summed E-state index contributed by atoms with van der Waals surface area (Å²) in [5.41, 5.74) is 8.75. The van der Waals surface area contributed by atoms with E-state index in [1.54, 1.807) is 19.5 Å². The minimum Gasteiger partial charge on any atom is -0.497 e. The van der Waals surface area contributed by atoms with E-state index in [0.717, 1.165) is 37.0 Å². The number of nitrogens with zero attached hydrogens (tertiary/aromatic N) is 2. The number of pyridine rings is 1. The van der Waals surface area contributed by atoms with Crippen molar-refractivity contribution in [3.63, 3.8) is 0 Å². The topological polar surface area (TPSA) is 66.5 Å². The van der Waals surface area contributed by atoms with E-state index < -0.39 is 0 Å². The molecule has 0 aliphatic carbocycles. The Morgan fingerprint density at radius 3 is 2.57 bits per heavy atom. The van der Waals surface area contributed by atoms with Crippen LogP contribution in [0.15, 0.2) is 48.8 Å². The van der Waals surface area contributed by atoms with Gasteiger partial charge in [0.2, 0.25) is 5.91 Å². The maximum Gasteiger partial charge on any atom is 0.241 e. The predicted octanol–water partition coefficient (Wildman–Crippen LogP) is 2.70. The number of ether oxygens (including phenoxy) is 1. The van der Waals surface area contributed by atoms with Crippen molar-refractivity contribution in [1.82, 2.24) is 20.7 Å². The average Bonchev–Trinajstić information content (AvgIpc) is 3.20. The summed E-state index contributed by atoms with van der Waals surface area (Å²) in [4.78, 5) is 19.2. The first-order chi connectivity index (χ1) is 13.7. The zero-order valence-corrected chi connectivity index (χ0v) is 16.7. The van der Waals surface area contributed by atoms with Gasteiger partial charge in [-0.3, -0.25) is 15.2 Å². The molecule has 1 aliphatic heterocycles. The van der Waals surface area contributed by atoms with Crippen molar-refractivity contribution >= 4 is 5.91 Å². The molecule has 3 rings (SSSR count). The Labute approximate surface area is 167 Å². The SMILES string of the molecule is CCCC1CC(C(=O)N(CCc2ccc(OC)cc2)Cc2ccncc2)NN1. The Morgan fingerprint density at radius 1 is 1.14 bits per heavy atom. The van der Waals surface area contributed by atoms with Gasteiger partial charge in [0.25, 0.3) is 0 Å². The van der Waals surface area contributed by atoms with Crippen LogP contribution in [0.25, 0.3) is 0 Å². The highest BCUT2D eigenvalue weighted by atomic mass is 16.5. The van der Waals surface area contributed by atoms with Gasteiger partial charge in [-0.05, 0) is 54.7 Å². The third kappa shape index (κ3) is 5.53. The van der Waals surface area contributed by atoms with Crippen LogP contribution in [0.3, 0.4) is 0 Å². The number of amides is 1. The lowest BCUT2D eigenvalue weighted by Crippen LogP contribution is -2.46. The number of rotatable bonds is 9.